The summed E-state index contributed by atoms with van der Waals surface area (Å²) in [5, 5.41) is 0. The van der Waals surface area contributed by atoms with Crippen molar-refractivity contribution in [1.82, 2.24) is 9.80 Å². The average Bonchev–Trinajstić information content (AvgIpc) is 2.44. The maximum Gasteiger partial charge on any atom is 0.246 e. The van der Waals surface area contributed by atoms with Crippen LogP contribution in [0.5, 0.6) is 0 Å². The van der Waals surface area contributed by atoms with Gasteiger partial charge in [0.05, 0.1) is 0 Å². The van der Waals surface area contributed by atoms with Crippen LogP contribution in [0.3, 0.4) is 0 Å². The topological polar surface area (TPSA) is 40.6 Å². The zero-order chi connectivity index (χ0) is 14.0. The number of carbonyl (C=O) groups is 2. The molecule has 0 bridgehead atoms. The lowest BCUT2D eigenvalue weighted by atomic mass is 9.93. The van der Waals surface area contributed by atoms with Crippen molar-refractivity contribution >= 4 is 11.8 Å². The van der Waals surface area contributed by atoms with Gasteiger partial charge in [-0.3, -0.25) is 9.59 Å². The molecule has 4 heteroatoms. The van der Waals surface area contributed by atoms with E-state index in [2.05, 4.69) is 13.8 Å². The first-order valence-corrected chi connectivity index (χ1v) is 7.74. The second kappa shape index (κ2) is 5.93. The first kappa shape index (κ1) is 14.4. The molecule has 108 valence electrons. The molecule has 2 rings (SSSR count). The summed E-state index contributed by atoms with van der Waals surface area (Å²) in [4.78, 5) is 28.9. The van der Waals surface area contributed by atoms with Gasteiger partial charge in [-0.05, 0) is 39.0 Å². The third-order valence-corrected chi connectivity index (χ3v) is 4.59. The molecule has 2 aliphatic heterocycles. The maximum atomic E-state index is 12.7. The van der Waals surface area contributed by atoms with Crippen LogP contribution >= 0.6 is 0 Å². The summed E-state index contributed by atoms with van der Waals surface area (Å²) in [6, 6.07) is -0.234. The number of nitrogens with zero attached hydrogens (tertiary/aromatic N) is 2. The van der Waals surface area contributed by atoms with Crippen LogP contribution in [0.1, 0.15) is 59.3 Å². The highest BCUT2D eigenvalue weighted by atomic mass is 16.2. The lowest BCUT2D eigenvalue weighted by molar-refractivity contribution is -0.165. The van der Waals surface area contributed by atoms with Crippen LogP contribution in [0, 0.1) is 0 Å². The average molecular weight is 266 g/mol. The van der Waals surface area contributed by atoms with Crippen molar-refractivity contribution < 1.29 is 9.59 Å². The van der Waals surface area contributed by atoms with Crippen LogP contribution in [0.4, 0.5) is 0 Å². The molecule has 2 heterocycles. The first-order chi connectivity index (χ1) is 9.11. The highest BCUT2D eigenvalue weighted by Gasteiger charge is 2.46. The highest BCUT2D eigenvalue weighted by molar-refractivity contribution is 5.97. The SMILES string of the molecule is CCCC(CC)N1C(=O)C2CCCCN2C(=O)C1C. The van der Waals surface area contributed by atoms with Crippen LogP contribution in [0.2, 0.25) is 0 Å². The number of fused-ring (bicyclic) bond motifs is 1. The van der Waals surface area contributed by atoms with Crippen LogP contribution in [0.15, 0.2) is 0 Å². The molecule has 3 atom stereocenters. The van der Waals surface area contributed by atoms with E-state index in [0.717, 1.165) is 45.1 Å². The van der Waals surface area contributed by atoms with Crippen molar-refractivity contribution in [3.8, 4) is 0 Å². The maximum absolute atomic E-state index is 12.7. The summed E-state index contributed by atoms with van der Waals surface area (Å²) < 4.78 is 0. The Morgan fingerprint density at radius 2 is 1.95 bits per heavy atom. The standard InChI is InChI=1S/C15H26N2O2/c1-4-8-12(5-2)17-11(3)14(18)16-10-7-6-9-13(16)15(17)19/h11-13H,4-10H2,1-3H3. The lowest BCUT2D eigenvalue weighted by Crippen LogP contribution is -2.66. The van der Waals surface area contributed by atoms with E-state index in [1.807, 2.05) is 16.7 Å². The summed E-state index contributed by atoms with van der Waals surface area (Å²) >= 11 is 0. The number of piperazine rings is 1. The van der Waals surface area contributed by atoms with E-state index < -0.39 is 0 Å². The van der Waals surface area contributed by atoms with Crippen molar-refractivity contribution in [3.63, 3.8) is 0 Å². The Kier molecular flexibility index (Phi) is 4.48. The minimum Gasteiger partial charge on any atom is -0.329 e. The van der Waals surface area contributed by atoms with Crippen LogP contribution in [-0.4, -0.2) is 46.3 Å². The quantitative estimate of drug-likeness (QED) is 0.782. The number of rotatable bonds is 4. The Hall–Kier alpha value is -1.06. The molecule has 2 fully saturated rings. The fourth-order valence-electron chi connectivity index (χ4n) is 3.54. The van der Waals surface area contributed by atoms with E-state index >= 15 is 0 Å². The van der Waals surface area contributed by atoms with Crippen LogP contribution < -0.4 is 0 Å². The summed E-state index contributed by atoms with van der Waals surface area (Å²) in [5.41, 5.74) is 0. The van der Waals surface area contributed by atoms with Crippen LogP contribution in [0.25, 0.3) is 0 Å². The number of carbonyl (C=O) groups excluding carboxylic acids is 2. The minimum absolute atomic E-state index is 0.152. The largest absolute Gasteiger partial charge is 0.329 e. The third-order valence-electron chi connectivity index (χ3n) is 4.59. The van der Waals surface area contributed by atoms with Gasteiger partial charge in [0.2, 0.25) is 11.8 Å². The van der Waals surface area contributed by atoms with E-state index in [-0.39, 0.29) is 29.9 Å². The molecular formula is C15H26N2O2. The van der Waals surface area contributed by atoms with Crippen molar-refractivity contribution in [2.24, 2.45) is 0 Å². The molecule has 0 aromatic rings. The number of hydrogen-bond donors (Lipinski definition) is 0. The van der Waals surface area contributed by atoms with Gasteiger partial charge in [-0.25, -0.2) is 0 Å². The molecule has 0 radical (unpaired) electrons. The summed E-state index contributed by atoms with van der Waals surface area (Å²) in [7, 11) is 0. The lowest BCUT2D eigenvalue weighted by Gasteiger charge is -2.48. The Morgan fingerprint density at radius 1 is 1.21 bits per heavy atom. The summed E-state index contributed by atoms with van der Waals surface area (Å²) in [6.07, 6.45) is 5.92. The molecule has 4 nitrogen and oxygen atoms in total. The molecule has 0 N–H and O–H groups in total. The number of amides is 2. The van der Waals surface area contributed by atoms with Gasteiger partial charge in [0.25, 0.3) is 0 Å². The van der Waals surface area contributed by atoms with Crippen molar-refractivity contribution in [1.29, 1.82) is 0 Å². The van der Waals surface area contributed by atoms with Gasteiger partial charge in [-0.2, -0.15) is 0 Å². The second-order valence-electron chi connectivity index (χ2n) is 5.82. The van der Waals surface area contributed by atoms with Gasteiger partial charge in [0.1, 0.15) is 12.1 Å². The van der Waals surface area contributed by atoms with E-state index in [9.17, 15) is 9.59 Å². The van der Waals surface area contributed by atoms with Gasteiger partial charge in [-0.15, -0.1) is 0 Å². The molecule has 2 aliphatic rings. The smallest absolute Gasteiger partial charge is 0.246 e. The first-order valence-electron chi connectivity index (χ1n) is 7.74. The molecule has 19 heavy (non-hydrogen) atoms. The zero-order valence-electron chi connectivity index (χ0n) is 12.4. The minimum atomic E-state index is -0.279. The Bertz CT molecular complexity index is 356. The Labute approximate surface area is 116 Å². The summed E-state index contributed by atoms with van der Waals surface area (Å²) in [5.74, 6) is 0.339. The predicted molar refractivity (Wildman–Crippen MR) is 74.6 cm³/mol. The zero-order valence-corrected chi connectivity index (χ0v) is 12.4. The molecule has 2 saturated heterocycles. The molecule has 3 unspecified atom stereocenters. The fourth-order valence-corrected chi connectivity index (χ4v) is 3.54. The highest BCUT2D eigenvalue weighted by Crippen LogP contribution is 2.29. The van der Waals surface area contributed by atoms with E-state index in [0.29, 0.717) is 0 Å². The van der Waals surface area contributed by atoms with Gasteiger partial charge in [0, 0.05) is 12.6 Å². The van der Waals surface area contributed by atoms with Crippen molar-refractivity contribution in [2.45, 2.75) is 77.4 Å². The normalized spacial score (nSPS) is 29.4. The van der Waals surface area contributed by atoms with Gasteiger partial charge in [-0.1, -0.05) is 20.3 Å². The molecule has 2 amide bonds. The molecule has 0 aromatic carbocycles. The Balaban J connectivity index is 2.23. The monoisotopic (exact) mass is 266 g/mol. The molecule has 0 aromatic heterocycles. The van der Waals surface area contributed by atoms with Crippen LogP contribution in [-0.2, 0) is 9.59 Å². The second-order valence-corrected chi connectivity index (χ2v) is 5.82. The Morgan fingerprint density at radius 3 is 2.58 bits per heavy atom. The number of hydrogen-bond acceptors (Lipinski definition) is 2. The molecular weight excluding hydrogens is 240 g/mol. The molecule has 0 spiro atoms. The molecule has 0 saturated carbocycles. The van der Waals surface area contributed by atoms with E-state index in [1.54, 1.807) is 0 Å². The van der Waals surface area contributed by atoms with E-state index in [4.69, 9.17) is 0 Å². The predicted octanol–water partition coefficient (Wildman–Crippen LogP) is 2.18. The van der Waals surface area contributed by atoms with Crippen molar-refractivity contribution in [3.05, 3.63) is 0 Å². The van der Waals surface area contributed by atoms with Gasteiger partial charge in [0.15, 0.2) is 0 Å². The fraction of sp³-hybridized carbons (Fsp3) is 0.867. The summed E-state index contributed by atoms with van der Waals surface area (Å²) in [6.45, 7) is 6.90. The molecule has 0 aliphatic carbocycles. The van der Waals surface area contributed by atoms with Gasteiger partial charge >= 0.3 is 0 Å². The van der Waals surface area contributed by atoms with E-state index in [1.165, 1.54) is 0 Å². The number of piperidine rings is 1. The van der Waals surface area contributed by atoms with Crippen molar-refractivity contribution in [2.75, 3.05) is 6.54 Å². The van der Waals surface area contributed by atoms with Gasteiger partial charge < -0.3 is 9.80 Å². The third kappa shape index (κ3) is 2.49.